The monoisotopic (exact) mass is 309 g/mol. The average Bonchev–Trinajstić information content (AvgIpc) is 2.96. The van der Waals surface area contributed by atoms with E-state index in [-0.39, 0.29) is 12.1 Å². The summed E-state index contributed by atoms with van der Waals surface area (Å²) < 4.78 is 19.3. The molecule has 2 rings (SSSR count). The van der Waals surface area contributed by atoms with Crippen molar-refractivity contribution in [2.24, 2.45) is 10.7 Å². The highest BCUT2D eigenvalue weighted by Gasteiger charge is 2.16. The van der Waals surface area contributed by atoms with E-state index in [1.807, 2.05) is 0 Å². The maximum atomic E-state index is 13.8. The van der Waals surface area contributed by atoms with E-state index in [0.29, 0.717) is 17.1 Å². The number of guanidine groups is 1. The topological polar surface area (TPSA) is 59.6 Å². The fraction of sp³-hybridized carbons (Fsp3) is 0.400. The van der Waals surface area contributed by atoms with Crippen molar-refractivity contribution in [3.8, 4) is 12.3 Å². The van der Waals surface area contributed by atoms with E-state index < -0.39 is 11.9 Å². The van der Waals surface area contributed by atoms with Gasteiger partial charge in [0.25, 0.3) is 0 Å². The van der Waals surface area contributed by atoms with Crippen molar-refractivity contribution in [2.75, 3.05) is 13.2 Å². The summed E-state index contributed by atoms with van der Waals surface area (Å²) in [5.41, 5.74) is 6.09. The summed E-state index contributed by atoms with van der Waals surface area (Å²) in [7, 11) is 0. The Morgan fingerprint density at radius 1 is 1.67 bits per heavy atom. The molecule has 0 amide bonds. The molecule has 4 nitrogen and oxygen atoms in total. The third-order valence-electron chi connectivity index (χ3n) is 3.22. The predicted molar refractivity (Wildman–Crippen MR) is 81.6 cm³/mol. The van der Waals surface area contributed by atoms with Gasteiger partial charge in [-0.1, -0.05) is 23.6 Å². The van der Waals surface area contributed by atoms with E-state index in [0.717, 1.165) is 19.4 Å². The lowest BCUT2D eigenvalue weighted by Gasteiger charge is -2.15. The summed E-state index contributed by atoms with van der Waals surface area (Å²) in [4.78, 5) is 4.18. The summed E-state index contributed by atoms with van der Waals surface area (Å²) in [5, 5.41) is 3.13. The number of aliphatic imine (C=N–C) groups is 1. The first-order chi connectivity index (χ1) is 10.1. The van der Waals surface area contributed by atoms with Crippen LogP contribution in [0.2, 0.25) is 5.02 Å². The van der Waals surface area contributed by atoms with Crippen molar-refractivity contribution in [3.63, 3.8) is 0 Å². The highest BCUT2D eigenvalue weighted by Crippen LogP contribution is 2.20. The molecule has 1 fully saturated rings. The molecule has 0 bridgehead atoms. The Morgan fingerprint density at radius 3 is 3.10 bits per heavy atom. The molecule has 1 aromatic carbocycles. The zero-order chi connectivity index (χ0) is 15.2. The molecule has 2 atom stereocenters. The Balaban J connectivity index is 2.01. The second-order valence-corrected chi connectivity index (χ2v) is 5.21. The van der Waals surface area contributed by atoms with Gasteiger partial charge in [-0.15, -0.1) is 6.42 Å². The van der Waals surface area contributed by atoms with Crippen LogP contribution in [-0.2, 0) is 4.74 Å². The van der Waals surface area contributed by atoms with Gasteiger partial charge in [-0.25, -0.2) is 4.39 Å². The Labute approximate surface area is 128 Å². The first-order valence-corrected chi connectivity index (χ1v) is 7.07. The molecule has 1 aliphatic heterocycles. The summed E-state index contributed by atoms with van der Waals surface area (Å²) >= 11 is 5.72. The van der Waals surface area contributed by atoms with Crippen molar-refractivity contribution in [1.82, 2.24) is 5.32 Å². The first kappa shape index (κ1) is 15.6. The SMILES string of the molecule is C#CC(NC(N)=NCC1CCCO1)c1ccc(Cl)cc1F. The maximum absolute atomic E-state index is 13.8. The third kappa shape index (κ3) is 4.35. The van der Waals surface area contributed by atoms with Crippen LogP contribution in [0.3, 0.4) is 0 Å². The van der Waals surface area contributed by atoms with Crippen LogP contribution >= 0.6 is 11.6 Å². The largest absolute Gasteiger partial charge is 0.376 e. The Morgan fingerprint density at radius 2 is 2.48 bits per heavy atom. The van der Waals surface area contributed by atoms with Crippen LogP contribution in [0.4, 0.5) is 4.39 Å². The zero-order valence-electron chi connectivity index (χ0n) is 11.5. The van der Waals surface area contributed by atoms with Crippen LogP contribution in [0.25, 0.3) is 0 Å². The molecule has 1 heterocycles. The number of halogens is 2. The standard InChI is InChI=1S/C15H17ClFN3O/c1-2-14(12-6-5-10(16)8-13(12)17)20-15(18)19-9-11-4-3-7-21-11/h1,5-6,8,11,14H,3-4,7,9H2,(H3,18,19,20). The van der Waals surface area contributed by atoms with Crippen LogP contribution in [-0.4, -0.2) is 25.2 Å². The maximum Gasteiger partial charge on any atom is 0.189 e. The average molecular weight is 310 g/mol. The van der Waals surface area contributed by atoms with Gasteiger partial charge in [0.15, 0.2) is 5.96 Å². The van der Waals surface area contributed by atoms with Gasteiger partial charge in [0.1, 0.15) is 11.9 Å². The van der Waals surface area contributed by atoms with Crippen molar-refractivity contribution in [3.05, 3.63) is 34.6 Å². The molecular formula is C15H17ClFN3O. The van der Waals surface area contributed by atoms with E-state index in [9.17, 15) is 4.39 Å². The molecule has 0 aliphatic carbocycles. The molecule has 1 saturated heterocycles. The lowest BCUT2D eigenvalue weighted by Crippen LogP contribution is -2.35. The molecule has 6 heteroatoms. The molecule has 3 N–H and O–H groups in total. The first-order valence-electron chi connectivity index (χ1n) is 6.69. The molecule has 0 saturated carbocycles. The van der Waals surface area contributed by atoms with Gasteiger partial charge in [-0.2, -0.15) is 0 Å². The molecule has 1 aromatic rings. The quantitative estimate of drug-likeness (QED) is 0.509. The third-order valence-corrected chi connectivity index (χ3v) is 3.46. The number of hydrogen-bond acceptors (Lipinski definition) is 2. The van der Waals surface area contributed by atoms with Gasteiger partial charge >= 0.3 is 0 Å². The lowest BCUT2D eigenvalue weighted by molar-refractivity contribution is 0.117. The van der Waals surface area contributed by atoms with E-state index >= 15 is 0 Å². The number of ether oxygens (including phenoxy) is 1. The number of benzene rings is 1. The second-order valence-electron chi connectivity index (χ2n) is 4.77. The van der Waals surface area contributed by atoms with Crippen molar-refractivity contribution < 1.29 is 9.13 Å². The molecule has 1 aliphatic rings. The molecule has 0 spiro atoms. The Kier molecular flexibility index (Phi) is 5.43. The van der Waals surface area contributed by atoms with Gasteiger partial charge < -0.3 is 15.8 Å². The minimum atomic E-state index is -0.699. The molecule has 0 radical (unpaired) electrons. The highest BCUT2D eigenvalue weighted by molar-refractivity contribution is 6.30. The van der Waals surface area contributed by atoms with Gasteiger partial charge in [0.05, 0.1) is 12.6 Å². The van der Waals surface area contributed by atoms with Crippen molar-refractivity contribution in [1.29, 1.82) is 0 Å². The minimum Gasteiger partial charge on any atom is -0.376 e. The van der Waals surface area contributed by atoms with Crippen molar-refractivity contribution in [2.45, 2.75) is 25.0 Å². The van der Waals surface area contributed by atoms with E-state index in [1.54, 1.807) is 6.07 Å². The van der Waals surface area contributed by atoms with Crippen LogP contribution in [0, 0.1) is 18.2 Å². The number of nitrogens with one attached hydrogen (secondary N) is 1. The minimum absolute atomic E-state index is 0.0990. The van der Waals surface area contributed by atoms with Gasteiger partial charge in [0, 0.05) is 17.2 Å². The predicted octanol–water partition coefficient (Wildman–Crippen LogP) is 2.24. The number of terminal acetylenes is 1. The zero-order valence-corrected chi connectivity index (χ0v) is 12.2. The number of hydrogen-bond donors (Lipinski definition) is 2. The molecular weight excluding hydrogens is 293 g/mol. The Hall–Kier alpha value is -1.77. The van der Waals surface area contributed by atoms with E-state index in [2.05, 4.69) is 16.2 Å². The molecule has 2 unspecified atom stereocenters. The van der Waals surface area contributed by atoms with Crippen molar-refractivity contribution >= 4 is 17.6 Å². The molecule has 0 aromatic heterocycles. The summed E-state index contributed by atoms with van der Waals surface area (Å²) in [6.07, 6.45) is 7.54. The van der Waals surface area contributed by atoms with Crippen LogP contribution in [0.1, 0.15) is 24.4 Å². The van der Waals surface area contributed by atoms with E-state index in [1.165, 1.54) is 12.1 Å². The normalized spacial score (nSPS) is 20.0. The fourth-order valence-corrected chi connectivity index (χ4v) is 2.29. The Bertz CT molecular complexity index is 565. The van der Waals surface area contributed by atoms with Gasteiger partial charge in [-0.05, 0) is 25.0 Å². The second kappa shape index (κ2) is 7.30. The fourth-order valence-electron chi connectivity index (χ4n) is 2.13. The number of nitrogens with two attached hydrogens (primary N) is 1. The van der Waals surface area contributed by atoms with Crippen LogP contribution < -0.4 is 11.1 Å². The summed E-state index contributed by atoms with van der Waals surface area (Å²) in [6.45, 7) is 1.23. The number of nitrogens with zero attached hydrogens (tertiary/aromatic N) is 1. The van der Waals surface area contributed by atoms with Gasteiger partial charge in [-0.3, -0.25) is 4.99 Å². The lowest BCUT2D eigenvalue weighted by atomic mass is 10.1. The number of rotatable bonds is 4. The molecule has 21 heavy (non-hydrogen) atoms. The van der Waals surface area contributed by atoms with Crippen LogP contribution in [0.5, 0.6) is 0 Å². The summed E-state index contributed by atoms with van der Waals surface area (Å²) in [6, 6.07) is 3.62. The van der Waals surface area contributed by atoms with Gasteiger partial charge in [0.2, 0.25) is 0 Å². The highest BCUT2D eigenvalue weighted by atomic mass is 35.5. The smallest absolute Gasteiger partial charge is 0.189 e. The summed E-state index contributed by atoms with van der Waals surface area (Å²) in [5.74, 6) is 2.14. The van der Waals surface area contributed by atoms with E-state index in [4.69, 9.17) is 28.5 Å². The molecule has 112 valence electrons. The van der Waals surface area contributed by atoms with Crippen LogP contribution in [0.15, 0.2) is 23.2 Å².